The first-order valence-corrected chi connectivity index (χ1v) is 6.89. The van der Waals surface area contributed by atoms with Gasteiger partial charge in [-0.25, -0.2) is 0 Å². The standard InChI is InChI=1S/C16H17ClN2O2/c1-10-8-12(17)6-7-15(10)21-9-16(20)19-14-5-3-4-13(18)11(14)2/h3-8H,9,18H2,1-2H3,(H,19,20). The minimum atomic E-state index is -0.238. The van der Waals surface area contributed by atoms with Crippen LogP contribution in [0.4, 0.5) is 11.4 Å². The van der Waals surface area contributed by atoms with Crippen molar-refractivity contribution in [1.82, 2.24) is 0 Å². The molecule has 4 nitrogen and oxygen atoms in total. The zero-order chi connectivity index (χ0) is 15.4. The summed E-state index contributed by atoms with van der Waals surface area (Å²) >= 11 is 5.87. The molecule has 2 aromatic rings. The highest BCUT2D eigenvalue weighted by Crippen LogP contribution is 2.22. The number of hydrogen-bond acceptors (Lipinski definition) is 3. The van der Waals surface area contributed by atoms with E-state index < -0.39 is 0 Å². The molecule has 5 heteroatoms. The number of carbonyl (C=O) groups excluding carboxylic acids is 1. The molecular weight excluding hydrogens is 288 g/mol. The van der Waals surface area contributed by atoms with Gasteiger partial charge < -0.3 is 15.8 Å². The zero-order valence-electron chi connectivity index (χ0n) is 11.9. The highest BCUT2D eigenvalue weighted by atomic mass is 35.5. The van der Waals surface area contributed by atoms with Crippen LogP contribution in [0, 0.1) is 13.8 Å². The largest absolute Gasteiger partial charge is 0.483 e. The Morgan fingerprint density at radius 3 is 2.76 bits per heavy atom. The third kappa shape index (κ3) is 3.89. The predicted octanol–water partition coefficient (Wildman–Crippen LogP) is 3.56. The fraction of sp³-hybridized carbons (Fsp3) is 0.188. The number of amides is 1. The van der Waals surface area contributed by atoms with Crippen LogP contribution in [0.2, 0.25) is 5.02 Å². The highest BCUT2D eigenvalue weighted by molar-refractivity contribution is 6.30. The summed E-state index contributed by atoms with van der Waals surface area (Å²) in [5.74, 6) is 0.400. The second kappa shape index (κ2) is 6.50. The fourth-order valence-corrected chi connectivity index (χ4v) is 2.12. The van der Waals surface area contributed by atoms with E-state index in [1.54, 1.807) is 36.4 Å². The minimum Gasteiger partial charge on any atom is -0.483 e. The van der Waals surface area contributed by atoms with Crippen LogP contribution < -0.4 is 15.8 Å². The number of nitrogens with one attached hydrogen (secondary N) is 1. The molecule has 2 aromatic carbocycles. The Balaban J connectivity index is 1.97. The number of ether oxygens (including phenoxy) is 1. The van der Waals surface area contributed by atoms with E-state index in [9.17, 15) is 4.79 Å². The van der Waals surface area contributed by atoms with Crippen LogP contribution in [0.1, 0.15) is 11.1 Å². The molecule has 0 fully saturated rings. The summed E-state index contributed by atoms with van der Waals surface area (Å²) in [6.45, 7) is 3.66. The van der Waals surface area contributed by atoms with Crippen LogP contribution in [0.15, 0.2) is 36.4 Å². The summed E-state index contributed by atoms with van der Waals surface area (Å²) < 4.78 is 5.49. The highest BCUT2D eigenvalue weighted by Gasteiger charge is 2.08. The van der Waals surface area contributed by atoms with Crippen molar-refractivity contribution in [2.24, 2.45) is 0 Å². The molecule has 2 rings (SSSR count). The van der Waals surface area contributed by atoms with Crippen molar-refractivity contribution in [3.05, 3.63) is 52.5 Å². The Morgan fingerprint density at radius 1 is 1.29 bits per heavy atom. The summed E-state index contributed by atoms with van der Waals surface area (Å²) in [5.41, 5.74) is 8.86. The molecule has 0 aromatic heterocycles. The van der Waals surface area contributed by atoms with E-state index in [0.29, 0.717) is 22.1 Å². The van der Waals surface area contributed by atoms with Crippen LogP contribution in [-0.2, 0) is 4.79 Å². The van der Waals surface area contributed by atoms with Gasteiger partial charge >= 0.3 is 0 Å². The van der Waals surface area contributed by atoms with Gasteiger partial charge in [0.25, 0.3) is 5.91 Å². The zero-order valence-corrected chi connectivity index (χ0v) is 12.7. The average molecular weight is 305 g/mol. The van der Waals surface area contributed by atoms with E-state index in [4.69, 9.17) is 22.1 Å². The smallest absolute Gasteiger partial charge is 0.262 e. The van der Waals surface area contributed by atoms with Gasteiger partial charge in [-0.05, 0) is 55.3 Å². The molecule has 0 saturated heterocycles. The maximum Gasteiger partial charge on any atom is 0.262 e. The number of carbonyl (C=O) groups is 1. The molecule has 3 N–H and O–H groups in total. The summed E-state index contributed by atoms with van der Waals surface area (Å²) in [5, 5.41) is 3.42. The predicted molar refractivity (Wildman–Crippen MR) is 85.9 cm³/mol. The maximum atomic E-state index is 11.9. The SMILES string of the molecule is Cc1cc(Cl)ccc1OCC(=O)Nc1cccc(N)c1C. The number of halogens is 1. The number of nitrogens with two attached hydrogens (primary N) is 1. The van der Waals surface area contributed by atoms with Gasteiger partial charge in [0, 0.05) is 16.4 Å². The molecule has 0 aliphatic rings. The molecular formula is C16H17ClN2O2. The lowest BCUT2D eigenvalue weighted by Gasteiger charge is -2.12. The minimum absolute atomic E-state index is 0.0727. The topological polar surface area (TPSA) is 64.3 Å². The van der Waals surface area contributed by atoms with E-state index in [1.165, 1.54) is 0 Å². The summed E-state index contributed by atoms with van der Waals surface area (Å²) in [6.07, 6.45) is 0. The van der Waals surface area contributed by atoms with E-state index in [1.807, 2.05) is 13.8 Å². The first kappa shape index (κ1) is 15.2. The van der Waals surface area contributed by atoms with Gasteiger partial charge in [-0.3, -0.25) is 4.79 Å². The van der Waals surface area contributed by atoms with E-state index >= 15 is 0 Å². The number of nitrogen functional groups attached to an aromatic ring is 1. The van der Waals surface area contributed by atoms with Gasteiger partial charge in [0.05, 0.1) is 0 Å². The molecule has 0 saturated carbocycles. The van der Waals surface area contributed by atoms with Crippen molar-refractivity contribution in [2.75, 3.05) is 17.7 Å². The normalized spacial score (nSPS) is 10.2. The Kier molecular flexibility index (Phi) is 4.70. The molecule has 0 aliphatic heterocycles. The van der Waals surface area contributed by atoms with Crippen LogP contribution in [0.3, 0.4) is 0 Å². The summed E-state index contributed by atoms with van der Waals surface area (Å²) in [4.78, 5) is 11.9. The lowest BCUT2D eigenvalue weighted by molar-refractivity contribution is -0.118. The Morgan fingerprint density at radius 2 is 2.05 bits per heavy atom. The van der Waals surface area contributed by atoms with Crippen molar-refractivity contribution in [1.29, 1.82) is 0 Å². The van der Waals surface area contributed by atoms with Crippen molar-refractivity contribution < 1.29 is 9.53 Å². The van der Waals surface area contributed by atoms with Crippen LogP contribution in [0.5, 0.6) is 5.75 Å². The van der Waals surface area contributed by atoms with Crippen LogP contribution in [0.25, 0.3) is 0 Å². The van der Waals surface area contributed by atoms with Crippen molar-refractivity contribution in [3.8, 4) is 5.75 Å². The molecule has 0 bridgehead atoms. The monoisotopic (exact) mass is 304 g/mol. The lowest BCUT2D eigenvalue weighted by Crippen LogP contribution is -2.21. The van der Waals surface area contributed by atoms with Gasteiger partial charge in [0.1, 0.15) is 5.75 Å². The quantitative estimate of drug-likeness (QED) is 0.849. The van der Waals surface area contributed by atoms with Gasteiger partial charge in [-0.2, -0.15) is 0 Å². The second-order valence-corrected chi connectivity index (χ2v) is 5.20. The van der Waals surface area contributed by atoms with E-state index in [-0.39, 0.29) is 12.5 Å². The first-order valence-electron chi connectivity index (χ1n) is 6.51. The second-order valence-electron chi connectivity index (χ2n) is 4.77. The molecule has 0 atom stereocenters. The molecule has 1 amide bonds. The number of anilines is 2. The molecule has 0 spiro atoms. The third-order valence-electron chi connectivity index (χ3n) is 3.15. The number of aryl methyl sites for hydroxylation is 1. The number of hydrogen-bond donors (Lipinski definition) is 2. The van der Waals surface area contributed by atoms with Crippen molar-refractivity contribution in [2.45, 2.75) is 13.8 Å². The Labute approximate surface area is 128 Å². The van der Waals surface area contributed by atoms with Gasteiger partial charge in [-0.1, -0.05) is 17.7 Å². The van der Waals surface area contributed by atoms with Gasteiger partial charge in [0.15, 0.2) is 6.61 Å². The maximum absolute atomic E-state index is 11.9. The van der Waals surface area contributed by atoms with Gasteiger partial charge in [-0.15, -0.1) is 0 Å². The molecule has 21 heavy (non-hydrogen) atoms. The molecule has 0 unspecified atom stereocenters. The van der Waals surface area contributed by atoms with Gasteiger partial charge in [0.2, 0.25) is 0 Å². The summed E-state index contributed by atoms with van der Waals surface area (Å²) in [6, 6.07) is 10.6. The number of rotatable bonds is 4. The van der Waals surface area contributed by atoms with Crippen LogP contribution >= 0.6 is 11.6 Å². The van der Waals surface area contributed by atoms with Crippen molar-refractivity contribution in [3.63, 3.8) is 0 Å². The first-order chi connectivity index (χ1) is 9.97. The summed E-state index contributed by atoms with van der Waals surface area (Å²) in [7, 11) is 0. The molecule has 0 radical (unpaired) electrons. The number of benzene rings is 2. The molecule has 110 valence electrons. The third-order valence-corrected chi connectivity index (χ3v) is 3.38. The van der Waals surface area contributed by atoms with Crippen molar-refractivity contribution >= 4 is 28.9 Å². The Hall–Kier alpha value is -2.20. The fourth-order valence-electron chi connectivity index (χ4n) is 1.89. The van der Waals surface area contributed by atoms with Crippen LogP contribution in [-0.4, -0.2) is 12.5 Å². The Bertz CT molecular complexity index is 671. The van der Waals surface area contributed by atoms with E-state index in [0.717, 1.165) is 11.1 Å². The lowest BCUT2D eigenvalue weighted by atomic mass is 10.1. The van der Waals surface area contributed by atoms with E-state index in [2.05, 4.69) is 5.32 Å². The average Bonchev–Trinajstić information content (AvgIpc) is 2.43. The molecule has 0 aliphatic carbocycles. The molecule has 0 heterocycles.